The molecule has 0 spiro atoms. The Morgan fingerprint density at radius 1 is 1.08 bits per heavy atom. The average Bonchev–Trinajstić information content (AvgIpc) is 3.20. The fraction of sp³-hybridized carbons (Fsp3) is 0.630. The molecule has 1 aliphatic carbocycles. The van der Waals surface area contributed by atoms with Crippen LogP contribution in [0.4, 0.5) is 0 Å². The number of nitrogens with zero attached hydrogens (tertiary/aromatic N) is 1. The summed E-state index contributed by atoms with van der Waals surface area (Å²) >= 11 is 0. The van der Waals surface area contributed by atoms with E-state index in [0.29, 0.717) is 37.4 Å². The lowest BCUT2D eigenvalue weighted by Crippen LogP contribution is -2.52. The molecule has 4 rings (SSSR count). The molecule has 196 valence electrons. The van der Waals surface area contributed by atoms with Gasteiger partial charge in [0.2, 0.25) is 17.7 Å². The number of ether oxygens (including phenoxy) is 1. The minimum absolute atomic E-state index is 0.105. The molecule has 1 saturated heterocycles. The summed E-state index contributed by atoms with van der Waals surface area (Å²) in [4.78, 5) is 50.0. The van der Waals surface area contributed by atoms with Crippen molar-refractivity contribution in [1.29, 1.82) is 0 Å². The van der Waals surface area contributed by atoms with Gasteiger partial charge in [-0.2, -0.15) is 0 Å². The third-order valence-corrected chi connectivity index (χ3v) is 7.50. The topological polar surface area (TPSA) is 125 Å². The molecule has 9 nitrogen and oxygen atoms in total. The first-order chi connectivity index (χ1) is 17.4. The molecule has 1 aromatic rings. The lowest BCUT2D eigenvalue weighted by molar-refractivity contribution is -0.137. The number of imide groups is 1. The van der Waals surface area contributed by atoms with Gasteiger partial charge in [-0.25, -0.2) is 0 Å². The van der Waals surface area contributed by atoms with Crippen LogP contribution in [-0.2, 0) is 20.9 Å². The monoisotopic (exact) mass is 499 g/mol. The number of fused-ring (bicyclic) bond motifs is 1. The molecule has 2 fully saturated rings. The maximum Gasteiger partial charge on any atom is 0.255 e. The zero-order chi connectivity index (χ0) is 25.5. The van der Waals surface area contributed by atoms with Crippen LogP contribution in [0, 0.1) is 5.92 Å². The van der Waals surface area contributed by atoms with Crippen molar-refractivity contribution in [3.8, 4) is 5.75 Å². The summed E-state index contributed by atoms with van der Waals surface area (Å²) in [5.74, 6) is -0.344. The second kappa shape index (κ2) is 12.3. The van der Waals surface area contributed by atoms with Crippen molar-refractivity contribution in [1.82, 2.24) is 15.5 Å². The molecule has 3 aliphatic rings. The second-order valence-electron chi connectivity index (χ2n) is 10.1. The van der Waals surface area contributed by atoms with Gasteiger partial charge in [0.1, 0.15) is 17.9 Å². The van der Waals surface area contributed by atoms with Crippen molar-refractivity contribution < 1.29 is 29.0 Å². The molecule has 4 amide bonds. The largest absolute Gasteiger partial charge is 0.494 e. The van der Waals surface area contributed by atoms with Crippen molar-refractivity contribution in [2.45, 2.75) is 89.3 Å². The molecule has 2 atom stereocenters. The minimum Gasteiger partial charge on any atom is -0.494 e. The van der Waals surface area contributed by atoms with Gasteiger partial charge in [-0.05, 0) is 61.8 Å². The molecule has 0 bridgehead atoms. The smallest absolute Gasteiger partial charge is 0.255 e. The Kier molecular flexibility index (Phi) is 8.96. The Labute approximate surface area is 211 Å². The van der Waals surface area contributed by atoms with Gasteiger partial charge in [-0.1, -0.05) is 32.1 Å². The van der Waals surface area contributed by atoms with Gasteiger partial charge in [0.25, 0.3) is 5.91 Å². The number of benzene rings is 1. The summed E-state index contributed by atoms with van der Waals surface area (Å²) in [5.41, 5.74) is 1.40. The molecule has 2 heterocycles. The third-order valence-electron chi connectivity index (χ3n) is 7.50. The summed E-state index contributed by atoms with van der Waals surface area (Å²) in [7, 11) is 0. The number of rotatable bonds is 11. The highest BCUT2D eigenvalue weighted by atomic mass is 16.5. The molecule has 36 heavy (non-hydrogen) atoms. The number of carbonyl (C=O) groups is 4. The van der Waals surface area contributed by atoms with Crippen LogP contribution in [0.1, 0.15) is 86.6 Å². The van der Waals surface area contributed by atoms with Crippen molar-refractivity contribution in [2.24, 2.45) is 5.92 Å². The van der Waals surface area contributed by atoms with Crippen LogP contribution in [0.3, 0.4) is 0 Å². The second-order valence-corrected chi connectivity index (χ2v) is 10.1. The molecule has 2 aliphatic heterocycles. The van der Waals surface area contributed by atoms with E-state index in [9.17, 15) is 24.3 Å². The number of piperidine rings is 1. The lowest BCUT2D eigenvalue weighted by atomic mass is 9.85. The van der Waals surface area contributed by atoms with E-state index in [0.717, 1.165) is 56.9 Å². The number of amides is 4. The quantitative estimate of drug-likeness (QED) is 0.317. The highest BCUT2D eigenvalue weighted by molar-refractivity contribution is 6.05. The van der Waals surface area contributed by atoms with Gasteiger partial charge < -0.3 is 20.1 Å². The first kappa shape index (κ1) is 26.1. The van der Waals surface area contributed by atoms with Crippen LogP contribution < -0.4 is 15.4 Å². The van der Waals surface area contributed by atoms with E-state index in [1.165, 1.54) is 11.3 Å². The lowest BCUT2D eigenvalue weighted by Gasteiger charge is -2.29. The minimum atomic E-state index is -0.877. The highest BCUT2D eigenvalue weighted by Gasteiger charge is 2.39. The predicted molar refractivity (Wildman–Crippen MR) is 132 cm³/mol. The van der Waals surface area contributed by atoms with Gasteiger partial charge in [0.05, 0.1) is 6.61 Å². The molecule has 1 aromatic carbocycles. The van der Waals surface area contributed by atoms with Gasteiger partial charge in [-0.3, -0.25) is 24.5 Å². The fourth-order valence-corrected chi connectivity index (χ4v) is 5.39. The Balaban J connectivity index is 1.11. The first-order valence-electron chi connectivity index (χ1n) is 13.3. The van der Waals surface area contributed by atoms with Gasteiger partial charge in [-0.15, -0.1) is 0 Å². The van der Waals surface area contributed by atoms with Crippen molar-refractivity contribution >= 4 is 23.6 Å². The molecule has 0 aromatic heterocycles. The van der Waals surface area contributed by atoms with E-state index in [1.807, 2.05) is 6.07 Å². The number of aliphatic hydroxyl groups excluding tert-OH is 1. The van der Waals surface area contributed by atoms with Gasteiger partial charge in [0.15, 0.2) is 0 Å². The molecule has 1 saturated carbocycles. The number of unbranched alkanes of at least 4 members (excludes halogenated alkanes) is 3. The molecule has 2 unspecified atom stereocenters. The normalized spacial score (nSPS) is 21.2. The van der Waals surface area contributed by atoms with Crippen LogP contribution in [0.15, 0.2) is 18.2 Å². The van der Waals surface area contributed by atoms with Crippen LogP contribution >= 0.6 is 0 Å². The number of carbonyl (C=O) groups excluding carboxylic acids is 4. The van der Waals surface area contributed by atoms with E-state index < -0.39 is 18.1 Å². The SMILES string of the molecule is O=C1CCC(N2Cc3cc(OCCCCCCNC(=O)C(O)C4CCCCC4)ccc3C2=O)C(=O)N1. The predicted octanol–water partition coefficient (Wildman–Crippen LogP) is 2.44. The Morgan fingerprint density at radius 2 is 1.86 bits per heavy atom. The standard InChI is InChI=1S/C27H37N3O6/c31-23-13-12-22(25(33)29-23)30-17-19-16-20(10-11-21(19)27(30)35)36-15-7-2-1-6-14-28-26(34)24(32)18-8-4-3-5-9-18/h10-11,16,18,22,24,32H,1-9,12-15,17H2,(H,28,34)(H,29,31,33). The van der Waals surface area contributed by atoms with Crippen LogP contribution in [-0.4, -0.2) is 58.9 Å². The van der Waals surface area contributed by atoms with Crippen molar-refractivity contribution in [2.75, 3.05) is 13.2 Å². The van der Waals surface area contributed by atoms with Crippen molar-refractivity contribution in [3.63, 3.8) is 0 Å². The number of hydrogen-bond acceptors (Lipinski definition) is 6. The van der Waals surface area contributed by atoms with Crippen molar-refractivity contribution in [3.05, 3.63) is 29.3 Å². The third kappa shape index (κ3) is 6.43. The van der Waals surface area contributed by atoms with Crippen LogP contribution in [0.5, 0.6) is 5.75 Å². The molecular weight excluding hydrogens is 462 g/mol. The van der Waals surface area contributed by atoms with Crippen LogP contribution in [0.2, 0.25) is 0 Å². The maximum atomic E-state index is 12.8. The van der Waals surface area contributed by atoms with Gasteiger partial charge in [0, 0.05) is 25.1 Å². The molecular formula is C27H37N3O6. The number of aliphatic hydroxyl groups is 1. The summed E-state index contributed by atoms with van der Waals surface area (Å²) < 4.78 is 5.87. The van der Waals surface area contributed by atoms with E-state index in [4.69, 9.17) is 4.74 Å². The summed E-state index contributed by atoms with van der Waals surface area (Å²) in [6, 6.07) is 4.75. The zero-order valence-corrected chi connectivity index (χ0v) is 20.8. The average molecular weight is 500 g/mol. The highest BCUT2D eigenvalue weighted by Crippen LogP contribution is 2.30. The molecule has 3 N–H and O–H groups in total. The van der Waals surface area contributed by atoms with Gasteiger partial charge >= 0.3 is 0 Å². The molecule has 9 heteroatoms. The molecule has 0 radical (unpaired) electrons. The summed E-state index contributed by atoms with van der Waals surface area (Å²) in [6.45, 7) is 1.46. The van der Waals surface area contributed by atoms with E-state index in [2.05, 4.69) is 10.6 Å². The van der Waals surface area contributed by atoms with E-state index >= 15 is 0 Å². The maximum absolute atomic E-state index is 12.8. The van der Waals surface area contributed by atoms with Crippen LogP contribution in [0.25, 0.3) is 0 Å². The summed E-state index contributed by atoms with van der Waals surface area (Å²) in [6.07, 6.45) is 8.64. The fourth-order valence-electron chi connectivity index (χ4n) is 5.39. The Bertz CT molecular complexity index is 974. The zero-order valence-electron chi connectivity index (χ0n) is 20.8. The Morgan fingerprint density at radius 3 is 2.64 bits per heavy atom. The number of nitrogens with one attached hydrogen (secondary N) is 2. The number of hydrogen-bond donors (Lipinski definition) is 3. The summed E-state index contributed by atoms with van der Waals surface area (Å²) in [5, 5.41) is 15.4. The van der Waals surface area contributed by atoms with E-state index in [-0.39, 0.29) is 30.1 Å². The Hall–Kier alpha value is -2.94. The van der Waals surface area contributed by atoms with E-state index in [1.54, 1.807) is 12.1 Å². The first-order valence-corrected chi connectivity index (χ1v) is 13.3.